The van der Waals surface area contributed by atoms with Crippen molar-refractivity contribution in [3.63, 3.8) is 0 Å². The van der Waals surface area contributed by atoms with Crippen LogP contribution in [0.1, 0.15) is 37.9 Å². The van der Waals surface area contributed by atoms with Crippen LogP contribution in [-0.4, -0.2) is 12.4 Å². The fraction of sp³-hybridized carbons (Fsp3) is 0.571. The van der Waals surface area contributed by atoms with Crippen molar-refractivity contribution in [1.29, 1.82) is 0 Å². The van der Waals surface area contributed by atoms with Crippen LogP contribution < -0.4 is 0 Å². The summed E-state index contributed by atoms with van der Waals surface area (Å²) in [4.78, 5) is 0. The molecule has 2 fully saturated rings. The molecule has 0 radical (unpaired) electrons. The molecule has 2 aliphatic rings. The molecule has 4 atom stereocenters. The first-order chi connectivity index (χ1) is 8.26. The van der Waals surface area contributed by atoms with Crippen molar-refractivity contribution in [1.82, 2.24) is 0 Å². The number of rotatable bonds is 2. The lowest BCUT2D eigenvalue weighted by molar-refractivity contribution is -0.140. The summed E-state index contributed by atoms with van der Waals surface area (Å²) in [5, 5.41) is 0. The van der Waals surface area contributed by atoms with Crippen molar-refractivity contribution < 1.29 is 13.9 Å². The van der Waals surface area contributed by atoms with Crippen LogP contribution in [0.4, 0.5) is 4.39 Å². The minimum Gasteiger partial charge on any atom is -0.349 e. The highest BCUT2D eigenvalue weighted by molar-refractivity contribution is 5.19. The number of hydrogen-bond acceptors (Lipinski definition) is 2. The van der Waals surface area contributed by atoms with Crippen LogP contribution in [0.15, 0.2) is 24.3 Å². The van der Waals surface area contributed by atoms with Crippen molar-refractivity contribution in [2.45, 2.75) is 44.7 Å². The molecule has 0 N–H and O–H groups in total. The zero-order chi connectivity index (χ0) is 11.8. The number of benzene rings is 1. The van der Waals surface area contributed by atoms with Gasteiger partial charge in [-0.25, -0.2) is 4.39 Å². The van der Waals surface area contributed by atoms with E-state index in [0.29, 0.717) is 12.0 Å². The molecule has 3 rings (SSSR count). The van der Waals surface area contributed by atoms with Crippen LogP contribution in [0.3, 0.4) is 0 Å². The van der Waals surface area contributed by atoms with E-state index in [1.807, 2.05) is 0 Å². The summed E-state index contributed by atoms with van der Waals surface area (Å²) in [6, 6.07) is 6.59. The second-order valence-corrected chi connectivity index (χ2v) is 4.94. The molecule has 0 amide bonds. The first-order valence-electron chi connectivity index (χ1n) is 6.32. The Bertz CT molecular complexity index is 376. The molecule has 2 heterocycles. The second kappa shape index (κ2) is 4.39. The molecule has 2 saturated heterocycles. The van der Waals surface area contributed by atoms with Crippen molar-refractivity contribution in [2.24, 2.45) is 5.92 Å². The molecule has 2 nitrogen and oxygen atoms in total. The zero-order valence-electron chi connectivity index (χ0n) is 9.93. The molecular formula is C14H17FO2. The third-order valence-corrected chi connectivity index (χ3v) is 3.79. The molecule has 3 heteroatoms. The van der Waals surface area contributed by atoms with Crippen LogP contribution in [0.25, 0.3) is 0 Å². The topological polar surface area (TPSA) is 18.5 Å². The van der Waals surface area contributed by atoms with Crippen molar-refractivity contribution in [3.05, 3.63) is 35.6 Å². The van der Waals surface area contributed by atoms with Gasteiger partial charge in [0.15, 0.2) is 6.29 Å². The summed E-state index contributed by atoms with van der Waals surface area (Å²) in [5.74, 6) is 0.309. The number of fused-ring (bicyclic) bond motifs is 1. The molecule has 92 valence electrons. The Labute approximate surface area is 101 Å². The third kappa shape index (κ3) is 2.09. The minimum atomic E-state index is -0.200. The van der Waals surface area contributed by atoms with Gasteiger partial charge in [0.2, 0.25) is 0 Å². The summed E-state index contributed by atoms with van der Waals surface area (Å²) < 4.78 is 24.5. The van der Waals surface area contributed by atoms with E-state index in [1.165, 1.54) is 12.1 Å². The second-order valence-electron chi connectivity index (χ2n) is 4.94. The van der Waals surface area contributed by atoms with Gasteiger partial charge in [-0.3, -0.25) is 0 Å². The van der Waals surface area contributed by atoms with E-state index in [2.05, 4.69) is 6.92 Å². The molecule has 17 heavy (non-hydrogen) atoms. The lowest BCUT2D eigenvalue weighted by Crippen LogP contribution is -2.13. The molecule has 1 aromatic rings. The normalized spacial score (nSPS) is 36.1. The van der Waals surface area contributed by atoms with E-state index in [1.54, 1.807) is 12.1 Å². The quantitative estimate of drug-likeness (QED) is 0.783. The molecule has 0 aromatic heterocycles. The van der Waals surface area contributed by atoms with Gasteiger partial charge in [-0.2, -0.15) is 0 Å². The smallest absolute Gasteiger partial charge is 0.161 e. The largest absolute Gasteiger partial charge is 0.349 e. The van der Waals surface area contributed by atoms with E-state index >= 15 is 0 Å². The predicted molar refractivity (Wildman–Crippen MR) is 61.9 cm³/mol. The van der Waals surface area contributed by atoms with Crippen molar-refractivity contribution in [2.75, 3.05) is 0 Å². The van der Waals surface area contributed by atoms with Gasteiger partial charge in [0.25, 0.3) is 0 Å². The average Bonchev–Trinajstić information content (AvgIpc) is 2.87. The summed E-state index contributed by atoms with van der Waals surface area (Å²) in [7, 11) is 0. The number of ether oxygens (including phenoxy) is 2. The lowest BCUT2D eigenvalue weighted by Gasteiger charge is -2.15. The zero-order valence-corrected chi connectivity index (χ0v) is 9.93. The van der Waals surface area contributed by atoms with Gasteiger partial charge in [0.05, 0.1) is 12.2 Å². The third-order valence-electron chi connectivity index (χ3n) is 3.79. The Morgan fingerprint density at radius 3 is 2.59 bits per heavy atom. The van der Waals surface area contributed by atoms with Crippen molar-refractivity contribution >= 4 is 0 Å². The monoisotopic (exact) mass is 236 g/mol. The van der Waals surface area contributed by atoms with E-state index in [-0.39, 0.29) is 18.2 Å². The van der Waals surface area contributed by atoms with Crippen LogP contribution >= 0.6 is 0 Å². The molecule has 0 spiro atoms. The number of hydrogen-bond donors (Lipinski definition) is 0. The lowest BCUT2D eigenvalue weighted by atomic mass is 9.96. The first kappa shape index (κ1) is 11.2. The van der Waals surface area contributed by atoms with Crippen molar-refractivity contribution in [3.8, 4) is 0 Å². The first-order valence-corrected chi connectivity index (χ1v) is 6.32. The SMILES string of the molecule is CCC1CC2CC(c3ccc(F)cc3)OC2O1. The fourth-order valence-electron chi connectivity index (χ4n) is 2.80. The fourth-order valence-corrected chi connectivity index (χ4v) is 2.80. The number of halogens is 1. The summed E-state index contributed by atoms with van der Waals surface area (Å²) in [5.41, 5.74) is 1.05. The molecule has 1 aromatic carbocycles. The van der Waals surface area contributed by atoms with Gasteiger partial charge in [-0.15, -0.1) is 0 Å². The van der Waals surface area contributed by atoms with Crippen LogP contribution in [0.2, 0.25) is 0 Å². The molecule has 4 unspecified atom stereocenters. The summed E-state index contributed by atoms with van der Waals surface area (Å²) in [6.45, 7) is 2.14. The molecule has 0 saturated carbocycles. The average molecular weight is 236 g/mol. The van der Waals surface area contributed by atoms with Gasteiger partial charge in [-0.05, 0) is 37.0 Å². The maximum atomic E-state index is 12.8. The predicted octanol–water partition coefficient (Wildman–Crippen LogP) is 3.43. The summed E-state index contributed by atoms with van der Waals surface area (Å²) in [6.07, 6.45) is 3.53. The maximum Gasteiger partial charge on any atom is 0.161 e. The highest BCUT2D eigenvalue weighted by Crippen LogP contribution is 2.44. The Morgan fingerprint density at radius 1 is 1.18 bits per heavy atom. The molecule has 0 bridgehead atoms. The Morgan fingerprint density at radius 2 is 1.94 bits per heavy atom. The van der Waals surface area contributed by atoms with E-state index in [9.17, 15) is 4.39 Å². The van der Waals surface area contributed by atoms with Crippen LogP contribution in [0, 0.1) is 11.7 Å². The standard InChI is InChI=1S/C14H17FO2/c1-2-12-7-10-8-13(17-14(10)16-12)9-3-5-11(15)6-4-9/h3-6,10,12-14H,2,7-8H2,1H3. The highest BCUT2D eigenvalue weighted by Gasteiger charge is 2.43. The molecule has 0 aliphatic carbocycles. The van der Waals surface area contributed by atoms with E-state index in [4.69, 9.17) is 9.47 Å². The minimum absolute atomic E-state index is 0.0463. The highest BCUT2D eigenvalue weighted by atomic mass is 19.1. The van der Waals surface area contributed by atoms with Crippen LogP contribution in [0.5, 0.6) is 0 Å². The van der Waals surface area contributed by atoms with Gasteiger partial charge in [0, 0.05) is 5.92 Å². The molecular weight excluding hydrogens is 219 g/mol. The Kier molecular flexibility index (Phi) is 2.89. The Balaban J connectivity index is 1.68. The van der Waals surface area contributed by atoms with Gasteiger partial charge in [-0.1, -0.05) is 19.1 Å². The van der Waals surface area contributed by atoms with E-state index < -0.39 is 0 Å². The molecule has 2 aliphatic heterocycles. The van der Waals surface area contributed by atoms with Gasteiger partial charge in [0.1, 0.15) is 5.82 Å². The summed E-state index contributed by atoms with van der Waals surface area (Å²) >= 11 is 0. The maximum absolute atomic E-state index is 12.8. The van der Waals surface area contributed by atoms with Gasteiger partial charge >= 0.3 is 0 Å². The van der Waals surface area contributed by atoms with E-state index in [0.717, 1.165) is 24.8 Å². The van der Waals surface area contributed by atoms with Crippen LogP contribution in [-0.2, 0) is 9.47 Å². The van der Waals surface area contributed by atoms with Gasteiger partial charge < -0.3 is 9.47 Å². The Hall–Kier alpha value is -0.930.